The second kappa shape index (κ2) is 12.1. The third-order valence-electron chi connectivity index (χ3n) is 9.32. The number of carbonyl (C=O) groups excluding carboxylic acids is 2. The lowest BCUT2D eigenvalue weighted by atomic mass is 9.90. The Labute approximate surface area is 305 Å². The lowest BCUT2D eigenvalue weighted by Gasteiger charge is -2.40. The summed E-state index contributed by atoms with van der Waals surface area (Å²) in [4.78, 5) is 54.8. The number of cyclic esters (lactones) is 1. The zero-order chi connectivity index (χ0) is 40.4. The Hall–Kier alpha value is -7.40. The standard InChI is InChI=1S/C34H22O22/c35-8-1-5-12(19(40)17(8)38)14-16-15-13-6(32(48)55-28(15)22(43)20(14)41)2-10(37)26(29(13)56-33(16)49)53-25-7(3-9(36)18(39)21(25)42)30(46)51-4-11-27(54-31(5)47)23(44)24(45)34(50)52-11/h1-3,11,23-24,27,34-45,50H,4H2/t11-,23-,24-,27-,34-/m1/s1. The van der Waals surface area contributed by atoms with Crippen LogP contribution in [0.2, 0.25) is 0 Å². The number of hydrogen-bond acceptors (Lipinski definition) is 22. The number of ether oxygens (including phenoxy) is 4. The van der Waals surface area contributed by atoms with E-state index in [0.717, 1.165) is 0 Å². The first-order valence-corrected chi connectivity index (χ1v) is 15.7. The van der Waals surface area contributed by atoms with Gasteiger partial charge >= 0.3 is 23.2 Å². The van der Waals surface area contributed by atoms with Gasteiger partial charge in [-0.05, 0) is 12.1 Å². The molecule has 0 spiro atoms. The zero-order valence-electron chi connectivity index (χ0n) is 27.3. The average molecular weight is 783 g/mol. The monoisotopic (exact) mass is 782 g/mol. The van der Waals surface area contributed by atoms with Crippen LogP contribution in [0.1, 0.15) is 20.7 Å². The molecule has 6 aromatic rings. The number of rotatable bonds is 0. The van der Waals surface area contributed by atoms with Gasteiger partial charge in [-0.2, -0.15) is 0 Å². The third kappa shape index (κ3) is 4.83. The number of aliphatic hydroxyl groups excluding tert-OH is 3. The van der Waals surface area contributed by atoms with E-state index < -0.39 is 179 Å². The van der Waals surface area contributed by atoms with Gasteiger partial charge in [0.15, 0.2) is 58.1 Å². The molecule has 22 heteroatoms. The van der Waals surface area contributed by atoms with E-state index in [-0.39, 0.29) is 0 Å². The molecule has 0 saturated carbocycles. The normalized spacial score (nSPS) is 21.4. The molecule has 4 aromatic carbocycles. The largest absolute Gasteiger partial charge is 0.504 e. The molecule has 2 aliphatic heterocycles. The smallest absolute Gasteiger partial charge is 0.345 e. The molecule has 2 aromatic heterocycles. The van der Waals surface area contributed by atoms with Crippen molar-refractivity contribution in [1.29, 1.82) is 0 Å². The van der Waals surface area contributed by atoms with Crippen LogP contribution in [0.15, 0.2) is 36.6 Å². The van der Waals surface area contributed by atoms with E-state index in [2.05, 4.69) is 0 Å². The number of esters is 2. The Morgan fingerprint density at radius 1 is 0.554 bits per heavy atom. The second-order valence-electron chi connectivity index (χ2n) is 12.5. The number of hydrogen-bond donors (Lipinski definition) is 12. The predicted octanol–water partition coefficient (Wildman–Crippen LogP) is 0.435. The van der Waals surface area contributed by atoms with E-state index in [0.29, 0.717) is 18.2 Å². The number of phenols is 9. The van der Waals surface area contributed by atoms with Crippen molar-refractivity contribution >= 4 is 44.6 Å². The molecule has 8 rings (SSSR count). The van der Waals surface area contributed by atoms with Crippen molar-refractivity contribution in [2.45, 2.75) is 30.7 Å². The maximum absolute atomic E-state index is 14.1. The van der Waals surface area contributed by atoms with Gasteiger partial charge in [0, 0.05) is 28.0 Å². The summed E-state index contributed by atoms with van der Waals surface area (Å²) in [6, 6.07) is 1.64. The van der Waals surface area contributed by atoms with Gasteiger partial charge in [-0.15, -0.1) is 0 Å². The molecular formula is C34H22O22. The number of benzene rings is 4. The van der Waals surface area contributed by atoms with Crippen LogP contribution in [-0.2, 0) is 14.2 Å². The van der Waals surface area contributed by atoms with Crippen molar-refractivity contribution in [3.63, 3.8) is 0 Å². The Bertz CT molecular complexity index is 2840. The quantitative estimate of drug-likeness (QED) is 0.0430. The minimum absolute atomic E-state index is 0.451. The summed E-state index contributed by atoms with van der Waals surface area (Å²) in [6.07, 6.45) is -10.7. The van der Waals surface area contributed by atoms with Gasteiger partial charge in [0.1, 0.15) is 30.5 Å². The van der Waals surface area contributed by atoms with Crippen LogP contribution in [0, 0.1) is 0 Å². The fourth-order valence-corrected chi connectivity index (χ4v) is 6.67. The summed E-state index contributed by atoms with van der Waals surface area (Å²) in [5.74, 6) is -17.0. The zero-order valence-corrected chi connectivity index (χ0v) is 27.3. The summed E-state index contributed by atoms with van der Waals surface area (Å²) in [5.41, 5.74) is -8.88. The molecule has 1 saturated heterocycles. The van der Waals surface area contributed by atoms with Crippen molar-refractivity contribution in [2.75, 3.05) is 6.61 Å². The molecule has 0 radical (unpaired) electrons. The average Bonchev–Trinajstić information content (AvgIpc) is 3.15. The van der Waals surface area contributed by atoms with Gasteiger partial charge in [-0.1, -0.05) is 0 Å². The first-order valence-electron chi connectivity index (χ1n) is 15.7. The molecule has 12 N–H and O–H groups in total. The van der Waals surface area contributed by atoms with Gasteiger partial charge in [0.25, 0.3) is 0 Å². The molecular weight excluding hydrogens is 760 g/mol. The molecule has 4 heterocycles. The van der Waals surface area contributed by atoms with Gasteiger partial charge < -0.3 is 89.1 Å². The first-order chi connectivity index (χ1) is 26.4. The molecule has 56 heavy (non-hydrogen) atoms. The van der Waals surface area contributed by atoms with E-state index in [4.69, 9.17) is 27.8 Å². The minimum atomic E-state index is -2.27. The summed E-state index contributed by atoms with van der Waals surface area (Å²) in [5, 5.41) is 126. The van der Waals surface area contributed by atoms with Crippen molar-refractivity contribution < 1.29 is 98.6 Å². The van der Waals surface area contributed by atoms with Crippen molar-refractivity contribution in [3.05, 3.63) is 50.2 Å². The van der Waals surface area contributed by atoms with Crippen molar-refractivity contribution in [1.82, 2.24) is 0 Å². The fourth-order valence-electron chi connectivity index (χ4n) is 6.67. The van der Waals surface area contributed by atoms with Crippen LogP contribution in [0.25, 0.3) is 43.8 Å². The first kappa shape index (κ1) is 35.6. The van der Waals surface area contributed by atoms with E-state index in [1.54, 1.807) is 0 Å². The molecule has 2 aliphatic rings. The van der Waals surface area contributed by atoms with E-state index in [1.807, 2.05) is 0 Å². The summed E-state index contributed by atoms with van der Waals surface area (Å²) in [6.45, 7) is -1.10. The fraction of sp³-hybridized carbons (Fsp3) is 0.176. The van der Waals surface area contributed by atoms with Crippen LogP contribution in [0.4, 0.5) is 0 Å². The summed E-state index contributed by atoms with van der Waals surface area (Å²) in [7, 11) is 0. The van der Waals surface area contributed by atoms with Crippen LogP contribution in [-0.4, -0.2) is 111 Å². The minimum Gasteiger partial charge on any atom is -0.504 e. The number of aliphatic hydroxyl groups is 3. The Morgan fingerprint density at radius 3 is 1.88 bits per heavy atom. The maximum Gasteiger partial charge on any atom is 0.345 e. The maximum atomic E-state index is 14.1. The van der Waals surface area contributed by atoms with Crippen molar-refractivity contribution in [3.8, 4) is 74.4 Å². The molecule has 22 nitrogen and oxygen atoms in total. The number of phenolic OH excluding ortho intramolecular Hbond substituents is 9. The Morgan fingerprint density at radius 2 is 1.18 bits per heavy atom. The van der Waals surface area contributed by atoms with E-state index in [9.17, 15) is 80.5 Å². The third-order valence-corrected chi connectivity index (χ3v) is 9.32. The van der Waals surface area contributed by atoms with Crippen LogP contribution >= 0.6 is 0 Å². The van der Waals surface area contributed by atoms with Gasteiger partial charge in [-0.25, -0.2) is 19.2 Å². The lowest BCUT2D eigenvalue weighted by Crippen LogP contribution is -2.60. The predicted molar refractivity (Wildman–Crippen MR) is 177 cm³/mol. The van der Waals surface area contributed by atoms with Crippen LogP contribution < -0.4 is 16.0 Å². The molecule has 1 fully saturated rings. The molecule has 290 valence electrons. The highest BCUT2D eigenvalue weighted by molar-refractivity contribution is 6.26. The highest BCUT2D eigenvalue weighted by Gasteiger charge is 2.48. The summed E-state index contributed by atoms with van der Waals surface area (Å²) >= 11 is 0. The van der Waals surface area contributed by atoms with Crippen LogP contribution in [0.3, 0.4) is 0 Å². The van der Waals surface area contributed by atoms with E-state index in [1.165, 1.54) is 0 Å². The molecule has 5 atom stereocenters. The number of fused-ring (bicyclic) bond motifs is 5. The highest BCUT2D eigenvalue weighted by atomic mass is 16.7. The van der Waals surface area contributed by atoms with E-state index >= 15 is 0 Å². The number of carbonyl (C=O) groups is 2. The molecule has 0 aliphatic carbocycles. The number of aromatic hydroxyl groups is 9. The second-order valence-corrected chi connectivity index (χ2v) is 12.5. The highest BCUT2D eigenvalue weighted by Crippen LogP contribution is 2.56. The Balaban J connectivity index is 1.54. The van der Waals surface area contributed by atoms with Gasteiger partial charge in [0.2, 0.25) is 28.7 Å². The van der Waals surface area contributed by atoms with Gasteiger partial charge in [0.05, 0.1) is 16.3 Å². The summed E-state index contributed by atoms with van der Waals surface area (Å²) < 4.78 is 32.0. The molecule has 0 amide bonds. The molecule has 2 bridgehead atoms. The Kier molecular flexibility index (Phi) is 7.67. The molecule has 0 unspecified atom stereocenters. The lowest BCUT2D eigenvalue weighted by molar-refractivity contribution is -0.285. The van der Waals surface area contributed by atoms with Crippen LogP contribution in [0.5, 0.6) is 63.2 Å². The van der Waals surface area contributed by atoms with Crippen molar-refractivity contribution in [2.24, 2.45) is 0 Å². The topological polar surface area (TPSA) is 374 Å². The van der Waals surface area contributed by atoms with Gasteiger partial charge in [-0.3, -0.25) is 0 Å². The SMILES string of the molecule is O=C1OC[C@H]2O[C@@H](O)[C@H](O)[C@@H](O)[C@@H]2OC(=O)c2cc(O)c(O)c(O)c2-c2c(O)c(O)c3oc(=O)c4cc(O)c(c5oc(=O)c2c3c54)Oc2c1cc(O)c(O)c2O.